The van der Waals surface area contributed by atoms with Crippen LogP contribution in [0.2, 0.25) is 0 Å². The standard InChI is InChI=1S/C10H11ClO2/c11-9(6-7-10(12)13)8-4-2-1-3-5-8/h1-5,9H,6-7H2,(H,12,13). The normalized spacial score (nSPS) is 12.4. The molecule has 0 aliphatic heterocycles. The second-order valence-corrected chi connectivity index (χ2v) is 3.34. The number of hydrogen-bond acceptors (Lipinski definition) is 1. The molecule has 0 spiro atoms. The number of aliphatic carboxylic acids is 1. The van der Waals surface area contributed by atoms with Gasteiger partial charge in [0.1, 0.15) is 0 Å². The van der Waals surface area contributed by atoms with Crippen LogP contribution in [0.5, 0.6) is 0 Å². The van der Waals surface area contributed by atoms with Crippen molar-refractivity contribution in [1.82, 2.24) is 0 Å². The van der Waals surface area contributed by atoms with E-state index in [4.69, 9.17) is 16.7 Å². The molecule has 70 valence electrons. The Bertz CT molecular complexity index is 272. The number of benzene rings is 1. The Labute approximate surface area is 82.2 Å². The van der Waals surface area contributed by atoms with E-state index in [0.717, 1.165) is 5.56 Å². The molecule has 2 nitrogen and oxygen atoms in total. The summed E-state index contributed by atoms with van der Waals surface area (Å²) in [5.74, 6) is -0.804. The zero-order valence-electron chi connectivity index (χ0n) is 7.11. The van der Waals surface area contributed by atoms with Gasteiger partial charge in [-0.15, -0.1) is 11.6 Å². The topological polar surface area (TPSA) is 37.3 Å². The van der Waals surface area contributed by atoms with Gasteiger partial charge in [-0.25, -0.2) is 0 Å². The Hall–Kier alpha value is -1.02. The van der Waals surface area contributed by atoms with Crippen molar-refractivity contribution in [1.29, 1.82) is 0 Å². The molecule has 0 aliphatic carbocycles. The highest BCUT2D eigenvalue weighted by Gasteiger charge is 2.08. The second kappa shape index (κ2) is 4.87. The summed E-state index contributed by atoms with van der Waals surface area (Å²) >= 11 is 5.99. The van der Waals surface area contributed by atoms with Crippen molar-refractivity contribution in [2.45, 2.75) is 18.2 Å². The molecule has 0 saturated heterocycles. The number of carboxylic acid groups (broad SMARTS) is 1. The summed E-state index contributed by atoms with van der Waals surface area (Å²) in [6, 6.07) is 9.50. The lowest BCUT2D eigenvalue weighted by molar-refractivity contribution is -0.137. The van der Waals surface area contributed by atoms with Crippen LogP contribution in [-0.4, -0.2) is 11.1 Å². The largest absolute Gasteiger partial charge is 0.481 e. The summed E-state index contributed by atoms with van der Waals surface area (Å²) in [7, 11) is 0. The second-order valence-electron chi connectivity index (χ2n) is 2.81. The SMILES string of the molecule is O=C(O)CCC(Cl)c1ccccc1. The van der Waals surface area contributed by atoms with Crippen LogP contribution in [-0.2, 0) is 4.79 Å². The molecule has 1 unspecified atom stereocenters. The third kappa shape index (κ3) is 3.47. The minimum atomic E-state index is -0.804. The summed E-state index contributed by atoms with van der Waals surface area (Å²) in [5, 5.41) is 8.25. The van der Waals surface area contributed by atoms with Crippen LogP contribution in [0.25, 0.3) is 0 Å². The molecule has 1 atom stereocenters. The van der Waals surface area contributed by atoms with Gasteiger partial charge < -0.3 is 5.11 Å². The molecule has 1 N–H and O–H groups in total. The number of carbonyl (C=O) groups is 1. The van der Waals surface area contributed by atoms with Gasteiger partial charge in [0.2, 0.25) is 0 Å². The summed E-state index contributed by atoms with van der Waals surface area (Å²) in [6.07, 6.45) is 0.587. The predicted octanol–water partition coefficient (Wildman–Crippen LogP) is 2.83. The maximum absolute atomic E-state index is 10.3. The first kappa shape index (κ1) is 10.1. The number of rotatable bonds is 4. The number of halogens is 1. The lowest BCUT2D eigenvalue weighted by atomic mass is 10.1. The average molecular weight is 199 g/mol. The molecular weight excluding hydrogens is 188 g/mol. The molecule has 1 rings (SSSR count). The van der Waals surface area contributed by atoms with E-state index in [1.807, 2.05) is 30.3 Å². The van der Waals surface area contributed by atoms with Crippen LogP contribution in [0.3, 0.4) is 0 Å². The molecule has 0 saturated carbocycles. The first-order valence-corrected chi connectivity index (χ1v) is 4.54. The molecule has 0 aliphatic rings. The average Bonchev–Trinajstić information content (AvgIpc) is 2.15. The van der Waals surface area contributed by atoms with Gasteiger partial charge in [0.05, 0.1) is 5.38 Å². The highest BCUT2D eigenvalue weighted by molar-refractivity contribution is 6.20. The minimum Gasteiger partial charge on any atom is -0.481 e. The molecule has 0 radical (unpaired) electrons. The van der Waals surface area contributed by atoms with Gasteiger partial charge in [0.15, 0.2) is 0 Å². The van der Waals surface area contributed by atoms with Crippen molar-refractivity contribution in [3.05, 3.63) is 35.9 Å². The van der Waals surface area contributed by atoms with Gasteiger partial charge in [-0.1, -0.05) is 30.3 Å². The van der Waals surface area contributed by atoms with Crippen LogP contribution >= 0.6 is 11.6 Å². The van der Waals surface area contributed by atoms with Crippen molar-refractivity contribution < 1.29 is 9.90 Å². The van der Waals surface area contributed by atoms with E-state index < -0.39 is 5.97 Å². The highest BCUT2D eigenvalue weighted by atomic mass is 35.5. The van der Waals surface area contributed by atoms with Crippen LogP contribution in [0, 0.1) is 0 Å². The maximum Gasteiger partial charge on any atom is 0.303 e. The molecule has 0 amide bonds. The van der Waals surface area contributed by atoms with E-state index >= 15 is 0 Å². The Morgan fingerprint density at radius 3 is 2.54 bits per heavy atom. The van der Waals surface area contributed by atoms with Crippen molar-refractivity contribution in [2.75, 3.05) is 0 Å². The first-order chi connectivity index (χ1) is 6.20. The van der Waals surface area contributed by atoms with Crippen molar-refractivity contribution in [3.8, 4) is 0 Å². The summed E-state index contributed by atoms with van der Waals surface area (Å²) in [4.78, 5) is 10.3. The van der Waals surface area contributed by atoms with E-state index in [-0.39, 0.29) is 11.8 Å². The zero-order valence-corrected chi connectivity index (χ0v) is 7.87. The lowest BCUT2D eigenvalue weighted by Crippen LogP contribution is -1.98. The summed E-state index contributed by atoms with van der Waals surface area (Å²) < 4.78 is 0. The fourth-order valence-corrected chi connectivity index (χ4v) is 1.33. The van der Waals surface area contributed by atoms with E-state index in [0.29, 0.717) is 6.42 Å². The van der Waals surface area contributed by atoms with Gasteiger partial charge in [-0.05, 0) is 12.0 Å². The summed E-state index contributed by atoms with van der Waals surface area (Å²) in [6.45, 7) is 0. The zero-order chi connectivity index (χ0) is 9.68. The summed E-state index contributed by atoms with van der Waals surface area (Å²) in [5.41, 5.74) is 0.977. The number of carboxylic acids is 1. The van der Waals surface area contributed by atoms with Gasteiger partial charge in [-0.2, -0.15) is 0 Å². The quantitative estimate of drug-likeness (QED) is 0.756. The fourth-order valence-electron chi connectivity index (χ4n) is 1.08. The van der Waals surface area contributed by atoms with E-state index in [1.54, 1.807) is 0 Å². The Morgan fingerprint density at radius 1 is 1.38 bits per heavy atom. The minimum absolute atomic E-state index is 0.114. The van der Waals surface area contributed by atoms with Gasteiger partial charge in [0.25, 0.3) is 0 Å². The van der Waals surface area contributed by atoms with Crippen molar-refractivity contribution in [3.63, 3.8) is 0 Å². The molecule has 0 heterocycles. The monoisotopic (exact) mass is 198 g/mol. The van der Waals surface area contributed by atoms with Crippen molar-refractivity contribution in [2.24, 2.45) is 0 Å². The van der Waals surface area contributed by atoms with E-state index in [2.05, 4.69) is 0 Å². The first-order valence-electron chi connectivity index (χ1n) is 4.11. The highest BCUT2D eigenvalue weighted by Crippen LogP contribution is 2.24. The molecule has 1 aromatic carbocycles. The molecule has 0 aromatic heterocycles. The van der Waals surface area contributed by atoms with E-state index in [1.165, 1.54) is 0 Å². The molecule has 0 bridgehead atoms. The molecule has 0 fully saturated rings. The Morgan fingerprint density at radius 2 is 2.00 bits per heavy atom. The number of alkyl halides is 1. The van der Waals surface area contributed by atoms with Crippen LogP contribution in [0.1, 0.15) is 23.8 Å². The smallest absolute Gasteiger partial charge is 0.303 e. The molecule has 1 aromatic rings. The van der Waals surface area contributed by atoms with Crippen LogP contribution in [0.15, 0.2) is 30.3 Å². The Balaban J connectivity index is 2.49. The fraction of sp³-hybridized carbons (Fsp3) is 0.300. The third-order valence-corrected chi connectivity index (χ3v) is 2.24. The van der Waals surface area contributed by atoms with Crippen molar-refractivity contribution >= 4 is 17.6 Å². The molecule has 13 heavy (non-hydrogen) atoms. The maximum atomic E-state index is 10.3. The van der Waals surface area contributed by atoms with E-state index in [9.17, 15) is 4.79 Å². The van der Waals surface area contributed by atoms with Gasteiger partial charge in [-0.3, -0.25) is 4.79 Å². The lowest BCUT2D eigenvalue weighted by Gasteiger charge is -2.06. The number of hydrogen-bond donors (Lipinski definition) is 1. The third-order valence-electron chi connectivity index (χ3n) is 1.77. The predicted molar refractivity (Wildman–Crippen MR) is 51.9 cm³/mol. The van der Waals surface area contributed by atoms with Gasteiger partial charge >= 0.3 is 5.97 Å². The molecular formula is C10H11ClO2. The van der Waals surface area contributed by atoms with Crippen LogP contribution in [0.4, 0.5) is 0 Å². The Kier molecular flexibility index (Phi) is 3.77. The van der Waals surface area contributed by atoms with Crippen LogP contribution < -0.4 is 0 Å². The van der Waals surface area contributed by atoms with Gasteiger partial charge in [0, 0.05) is 6.42 Å². The molecule has 3 heteroatoms.